The van der Waals surface area contributed by atoms with Crippen molar-refractivity contribution in [3.63, 3.8) is 0 Å². The van der Waals surface area contributed by atoms with E-state index < -0.39 is 12.0 Å². The maximum Gasteiger partial charge on any atom is 0.328 e. The number of esters is 1. The van der Waals surface area contributed by atoms with Crippen molar-refractivity contribution in [3.8, 4) is 16.9 Å². The summed E-state index contributed by atoms with van der Waals surface area (Å²) >= 11 is 1.62. The maximum absolute atomic E-state index is 13.6. The number of thioether (sulfide) groups is 1. The molecule has 1 amide bonds. The Morgan fingerprint density at radius 2 is 1.65 bits per heavy atom. The quantitative estimate of drug-likeness (QED) is 0.150. The normalized spacial score (nSPS) is 14.8. The lowest BCUT2D eigenvalue weighted by Crippen LogP contribution is -2.42. The Morgan fingerprint density at radius 1 is 0.913 bits per heavy atom. The van der Waals surface area contributed by atoms with Crippen LogP contribution in [0.5, 0.6) is 5.75 Å². The van der Waals surface area contributed by atoms with Crippen LogP contribution in [0.2, 0.25) is 0 Å². The minimum Gasteiger partial charge on any atom is -0.497 e. The molecule has 46 heavy (non-hydrogen) atoms. The summed E-state index contributed by atoms with van der Waals surface area (Å²) in [6, 6.07) is 21.1. The van der Waals surface area contributed by atoms with Crippen molar-refractivity contribution < 1.29 is 28.5 Å². The number of hydrogen-bond acceptors (Lipinski definition) is 7. The molecule has 3 aromatic carbocycles. The monoisotopic (exact) mass is 647 g/mol. The van der Waals surface area contributed by atoms with Crippen LogP contribution < -0.4 is 10.1 Å². The minimum atomic E-state index is -0.711. The highest BCUT2D eigenvalue weighted by atomic mass is 32.2. The van der Waals surface area contributed by atoms with E-state index in [0.717, 1.165) is 45.7 Å². The van der Waals surface area contributed by atoms with Crippen LogP contribution in [-0.2, 0) is 32.2 Å². The summed E-state index contributed by atoms with van der Waals surface area (Å²) in [5.41, 5.74) is 5.41. The highest BCUT2D eigenvalue weighted by Gasteiger charge is 2.24. The summed E-state index contributed by atoms with van der Waals surface area (Å²) in [4.78, 5) is 26.0. The molecular weight excluding hydrogens is 598 g/mol. The predicted octanol–water partition coefficient (Wildman–Crippen LogP) is 7.77. The highest BCUT2D eigenvalue weighted by molar-refractivity contribution is 7.98. The summed E-state index contributed by atoms with van der Waals surface area (Å²) in [7, 11) is 3.02. The number of nitrogens with one attached hydrogen (secondary N) is 1. The molecule has 0 aliphatic heterocycles. The Kier molecular flexibility index (Phi) is 14.5. The first kappa shape index (κ1) is 35.5. The Morgan fingerprint density at radius 3 is 2.35 bits per heavy atom. The summed E-state index contributed by atoms with van der Waals surface area (Å²) < 4.78 is 23.0. The van der Waals surface area contributed by atoms with Crippen molar-refractivity contribution in [2.24, 2.45) is 5.92 Å². The predicted molar refractivity (Wildman–Crippen MR) is 185 cm³/mol. The molecule has 1 N–H and O–H groups in total. The fourth-order valence-electron chi connectivity index (χ4n) is 6.06. The van der Waals surface area contributed by atoms with Gasteiger partial charge in [-0.2, -0.15) is 11.8 Å². The van der Waals surface area contributed by atoms with E-state index in [0.29, 0.717) is 37.7 Å². The average Bonchev–Trinajstić information content (AvgIpc) is 3.09. The van der Waals surface area contributed by atoms with Gasteiger partial charge in [-0.25, -0.2) is 4.79 Å². The number of carbonyl (C=O) groups excluding carboxylic acids is 2. The topological polar surface area (TPSA) is 83.1 Å². The molecule has 2 atom stereocenters. The van der Waals surface area contributed by atoms with E-state index in [4.69, 9.17) is 18.9 Å². The third kappa shape index (κ3) is 10.6. The van der Waals surface area contributed by atoms with Gasteiger partial charge in [0.25, 0.3) is 5.91 Å². The molecule has 8 heteroatoms. The molecule has 1 saturated carbocycles. The van der Waals surface area contributed by atoms with Gasteiger partial charge in [0, 0.05) is 5.56 Å². The van der Waals surface area contributed by atoms with Crippen LogP contribution in [0.25, 0.3) is 11.1 Å². The molecular formula is C38H49NO6S. The van der Waals surface area contributed by atoms with Gasteiger partial charge in [0.1, 0.15) is 11.8 Å². The molecule has 0 radical (unpaired) electrons. The van der Waals surface area contributed by atoms with Crippen LogP contribution >= 0.6 is 11.8 Å². The van der Waals surface area contributed by atoms with Gasteiger partial charge >= 0.3 is 5.97 Å². The first-order chi connectivity index (χ1) is 22.4. The van der Waals surface area contributed by atoms with Crippen LogP contribution in [0.3, 0.4) is 0 Å². The largest absolute Gasteiger partial charge is 0.497 e. The van der Waals surface area contributed by atoms with Crippen LogP contribution in [0.15, 0.2) is 66.7 Å². The highest BCUT2D eigenvalue weighted by Crippen LogP contribution is 2.30. The second-order valence-electron chi connectivity index (χ2n) is 12.1. The number of aryl methyl sites for hydroxylation is 1. The fourth-order valence-corrected chi connectivity index (χ4v) is 6.53. The Labute approximate surface area is 278 Å². The Bertz CT molecular complexity index is 1390. The second kappa shape index (κ2) is 18.7. The molecule has 7 nitrogen and oxygen atoms in total. The van der Waals surface area contributed by atoms with Crippen molar-refractivity contribution in [3.05, 3.63) is 89.0 Å². The molecule has 0 bridgehead atoms. The van der Waals surface area contributed by atoms with E-state index in [9.17, 15) is 9.59 Å². The van der Waals surface area contributed by atoms with Gasteiger partial charge in [-0.15, -0.1) is 0 Å². The molecule has 0 heterocycles. The van der Waals surface area contributed by atoms with Gasteiger partial charge in [0.15, 0.2) is 0 Å². The Hall–Kier alpha value is -3.33. The smallest absolute Gasteiger partial charge is 0.328 e. The van der Waals surface area contributed by atoms with Crippen molar-refractivity contribution in [2.75, 3.05) is 32.8 Å². The Balaban J connectivity index is 1.48. The third-order valence-electron chi connectivity index (χ3n) is 8.70. The lowest BCUT2D eigenvalue weighted by atomic mass is 9.85. The molecule has 1 fully saturated rings. The number of benzene rings is 3. The number of ether oxygens (including phenoxy) is 4. The lowest BCUT2D eigenvalue weighted by molar-refractivity contribution is -0.142. The van der Waals surface area contributed by atoms with Gasteiger partial charge in [0.05, 0.1) is 40.1 Å². The second-order valence-corrected chi connectivity index (χ2v) is 13.0. The fraction of sp³-hybridized carbons (Fsp3) is 0.474. The lowest BCUT2D eigenvalue weighted by Gasteiger charge is -2.27. The van der Waals surface area contributed by atoms with Gasteiger partial charge in [-0.05, 0) is 89.8 Å². The van der Waals surface area contributed by atoms with Crippen LogP contribution in [0.4, 0.5) is 0 Å². The van der Waals surface area contributed by atoms with Crippen LogP contribution in [-0.4, -0.2) is 56.9 Å². The molecule has 1 aliphatic rings. The summed E-state index contributed by atoms with van der Waals surface area (Å²) in [6.07, 6.45) is 9.84. The van der Waals surface area contributed by atoms with Crippen LogP contribution in [0, 0.1) is 12.8 Å². The zero-order valence-electron chi connectivity index (χ0n) is 27.7. The maximum atomic E-state index is 13.6. The van der Waals surface area contributed by atoms with Crippen molar-refractivity contribution in [1.82, 2.24) is 5.32 Å². The summed E-state index contributed by atoms with van der Waals surface area (Å²) in [6.45, 7) is 3.44. The van der Waals surface area contributed by atoms with E-state index in [1.54, 1.807) is 18.9 Å². The van der Waals surface area contributed by atoms with E-state index in [1.807, 2.05) is 79.9 Å². The van der Waals surface area contributed by atoms with Crippen molar-refractivity contribution >= 4 is 23.6 Å². The molecule has 1 unspecified atom stereocenters. The molecule has 0 aromatic heterocycles. The molecule has 0 saturated heterocycles. The summed E-state index contributed by atoms with van der Waals surface area (Å²) in [5, 5.41) is 2.92. The van der Waals surface area contributed by atoms with Gasteiger partial charge < -0.3 is 24.3 Å². The minimum absolute atomic E-state index is 0.0115. The van der Waals surface area contributed by atoms with E-state index >= 15 is 0 Å². The molecule has 248 valence electrons. The first-order valence-corrected chi connectivity index (χ1v) is 17.7. The van der Waals surface area contributed by atoms with E-state index in [2.05, 4.69) is 5.32 Å². The molecule has 4 rings (SSSR count). The van der Waals surface area contributed by atoms with E-state index in [1.165, 1.54) is 39.2 Å². The SMILES string of the molecule is COC(=O)[C@H](CCSC)NC(=O)c1ccc(COCC(CC2CCCCC2)OCc2ccc(OC)cc2)cc1-c1ccccc1C. The standard InChI is InChI=1S/C38H49NO6S/c1-27-10-8-9-13-33(27)35-23-30(16-19-34(35)37(40)39-36(20-21-46-4)38(41)43-3)24-44-26-32(22-28-11-6-5-7-12-28)45-25-29-14-17-31(42-2)18-15-29/h8-10,13-19,23,28,32,36H,5-7,11-12,20-22,24-26H2,1-4H3,(H,39,40)/t32?,36-/m0/s1. The van der Waals surface area contributed by atoms with E-state index in [-0.39, 0.29) is 12.0 Å². The zero-order chi connectivity index (χ0) is 32.7. The van der Waals surface area contributed by atoms with Crippen LogP contribution in [0.1, 0.15) is 72.0 Å². The third-order valence-corrected chi connectivity index (χ3v) is 9.35. The first-order valence-electron chi connectivity index (χ1n) is 16.3. The molecule has 0 spiro atoms. The van der Waals surface area contributed by atoms with Gasteiger partial charge in [0.2, 0.25) is 0 Å². The number of amides is 1. The summed E-state index contributed by atoms with van der Waals surface area (Å²) in [5.74, 6) is 1.47. The number of methoxy groups -OCH3 is 2. The van der Waals surface area contributed by atoms with Gasteiger partial charge in [-0.3, -0.25) is 4.79 Å². The average molecular weight is 648 g/mol. The number of carbonyl (C=O) groups is 2. The molecule has 1 aliphatic carbocycles. The molecule has 3 aromatic rings. The van der Waals surface area contributed by atoms with Gasteiger partial charge in [-0.1, -0.05) is 74.6 Å². The van der Waals surface area contributed by atoms with Crippen molar-refractivity contribution in [2.45, 2.75) is 77.2 Å². The number of hydrogen-bond donors (Lipinski definition) is 1. The van der Waals surface area contributed by atoms with Crippen molar-refractivity contribution in [1.29, 1.82) is 0 Å². The zero-order valence-corrected chi connectivity index (χ0v) is 28.5. The number of rotatable bonds is 17.